The summed E-state index contributed by atoms with van der Waals surface area (Å²) in [6.07, 6.45) is -0.269. The molecule has 0 saturated carbocycles. The molecular weight excluding hydrogens is 344 g/mol. The van der Waals surface area contributed by atoms with Crippen molar-refractivity contribution in [3.8, 4) is 17.6 Å². The first kappa shape index (κ1) is 17.0. The van der Waals surface area contributed by atoms with Crippen LogP contribution in [-0.2, 0) is 11.2 Å². The summed E-state index contributed by atoms with van der Waals surface area (Å²) in [5.41, 5.74) is 2.23. The maximum atomic E-state index is 14.5. The van der Waals surface area contributed by atoms with Crippen molar-refractivity contribution in [1.29, 1.82) is 5.26 Å². The number of nitriles is 1. The molecule has 0 aromatic heterocycles. The summed E-state index contributed by atoms with van der Waals surface area (Å²) >= 11 is 11.8. The third kappa shape index (κ3) is 4.11. The molecule has 1 amide bonds. The van der Waals surface area contributed by atoms with Crippen LogP contribution in [0.15, 0.2) is 30.3 Å². The Balaban J connectivity index is 2.40. The molecule has 0 bridgehead atoms. The van der Waals surface area contributed by atoms with Crippen LogP contribution in [0.25, 0.3) is 0 Å². The van der Waals surface area contributed by atoms with Gasteiger partial charge in [-0.1, -0.05) is 29.3 Å². The SMILES string of the molecule is N#Cc1cc(Cl)cc(Oc2c(Cl)ccc(CC(=O)NN)c2F)c1. The normalized spacial score (nSPS) is 10.0. The molecule has 0 fully saturated rings. The molecule has 8 heteroatoms. The number of rotatable bonds is 4. The second kappa shape index (κ2) is 7.29. The van der Waals surface area contributed by atoms with Gasteiger partial charge >= 0.3 is 0 Å². The fourth-order valence-corrected chi connectivity index (χ4v) is 2.24. The van der Waals surface area contributed by atoms with Crippen molar-refractivity contribution in [2.24, 2.45) is 5.84 Å². The van der Waals surface area contributed by atoms with E-state index in [1.807, 2.05) is 11.5 Å². The Labute approximate surface area is 141 Å². The quantitative estimate of drug-likeness (QED) is 0.501. The lowest BCUT2D eigenvalue weighted by molar-refractivity contribution is -0.120. The van der Waals surface area contributed by atoms with E-state index in [-0.39, 0.29) is 39.1 Å². The van der Waals surface area contributed by atoms with Gasteiger partial charge in [-0.2, -0.15) is 5.26 Å². The Hall–Kier alpha value is -2.33. The molecule has 5 nitrogen and oxygen atoms in total. The summed E-state index contributed by atoms with van der Waals surface area (Å²) in [6, 6.07) is 8.91. The zero-order valence-electron chi connectivity index (χ0n) is 11.6. The molecule has 0 radical (unpaired) electrons. The van der Waals surface area contributed by atoms with E-state index in [1.165, 1.54) is 30.3 Å². The van der Waals surface area contributed by atoms with E-state index in [4.69, 9.17) is 39.0 Å². The second-order valence-corrected chi connectivity index (χ2v) is 5.33. The van der Waals surface area contributed by atoms with Gasteiger partial charge in [0, 0.05) is 10.6 Å². The largest absolute Gasteiger partial charge is 0.453 e. The van der Waals surface area contributed by atoms with Gasteiger partial charge in [0.1, 0.15) is 5.75 Å². The topological polar surface area (TPSA) is 88.1 Å². The van der Waals surface area contributed by atoms with Gasteiger partial charge in [-0.25, -0.2) is 10.2 Å². The summed E-state index contributed by atoms with van der Waals surface area (Å²) in [5.74, 6) is 3.51. The lowest BCUT2D eigenvalue weighted by Crippen LogP contribution is -2.31. The number of hydrogen-bond acceptors (Lipinski definition) is 4. The van der Waals surface area contributed by atoms with E-state index in [0.717, 1.165) is 0 Å². The molecule has 0 unspecified atom stereocenters. The van der Waals surface area contributed by atoms with Gasteiger partial charge in [0.15, 0.2) is 11.6 Å². The number of halogens is 3. The minimum Gasteiger partial charge on any atom is -0.453 e. The van der Waals surface area contributed by atoms with Crippen molar-refractivity contribution in [1.82, 2.24) is 5.43 Å². The Morgan fingerprint density at radius 2 is 2.09 bits per heavy atom. The van der Waals surface area contributed by atoms with Gasteiger partial charge in [-0.15, -0.1) is 0 Å². The number of nitrogens with zero attached hydrogens (tertiary/aromatic N) is 1. The van der Waals surface area contributed by atoms with Crippen LogP contribution in [0, 0.1) is 17.1 Å². The van der Waals surface area contributed by atoms with Gasteiger partial charge in [-0.3, -0.25) is 10.2 Å². The average Bonchev–Trinajstić information content (AvgIpc) is 2.53. The van der Waals surface area contributed by atoms with Crippen molar-refractivity contribution < 1.29 is 13.9 Å². The smallest absolute Gasteiger partial charge is 0.238 e. The fraction of sp³-hybridized carbons (Fsp3) is 0.0667. The van der Waals surface area contributed by atoms with Crippen LogP contribution in [0.1, 0.15) is 11.1 Å². The highest BCUT2D eigenvalue weighted by atomic mass is 35.5. The summed E-state index contributed by atoms with van der Waals surface area (Å²) < 4.78 is 19.9. The molecule has 0 aliphatic rings. The molecule has 0 saturated heterocycles. The summed E-state index contributed by atoms with van der Waals surface area (Å²) in [4.78, 5) is 11.3. The van der Waals surface area contributed by atoms with E-state index in [2.05, 4.69) is 0 Å². The lowest BCUT2D eigenvalue weighted by atomic mass is 10.1. The van der Waals surface area contributed by atoms with Crippen molar-refractivity contribution in [3.05, 3.63) is 57.3 Å². The Bertz CT molecular complexity index is 806. The zero-order valence-corrected chi connectivity index (χ0v) is 13.1. The van der Waals surface area contributed by atoms with Crippen LogP contribution in [0.3, 0.4) is 0 Å². The van der Waals surface area contributed by atoms with Crippen LogP contribution in [-0.4, -0.2) is 5.91 Å². The van der Waals surface area contributed by atoms with Gasteiger partial charge in [-0.05, 0) is 24.3 Å². The number of carbonyl (C=O) groups is 1. The van der Waals surface area contributed by atoms with E-state index < -0.39 is 11.7 Å². The molecule has 2 aromatic rings. The van der Waals surface area contributed by atoms with Crippen molar-refractivity contribution >= 4 is 29.1 Å². The number of amides is 1. The first-order chi connectivity index (χ1) is 10.9. The van der Waals surface area contributed by atoms with E-state index in [0.29, 0.717) is 0 Å². The maximum Gasteiger partial charge on any atom is 0.238 e. The van der Waals surface area contributed by atoms with Gasteiger partial charge in [0.2, 0.25) is 5.91 Å². The highest BCUT2D eigenvalue weighted by Crippen LogP contribution is 2.35. The number of carbonyl (C=O) groups excluding carboxylic acids is 1. The maximum absolute atomic E-state index is 14.5. The van der Waals surface area contributed by atoms with Crippen LogP contribution in [0.4, 0.5) is 4.39 Å². The zero-order chi connectivity index (χ0) is 17.0. The second-order valence-electron chi connectivity index (χ2n) is 4.48. The molecule has 0 aliphatic heterocycles. The first-order valence-electron chi connectivity index (χ1n) is 6.29. The van der Waals surface area contributed by atoms with Crippen molar-refractivity contribution in [3.63, 3.8) is 0 Å². The minimum absolute atomic E-state index is 0.0119. The molecule has 3 N–H and O–H groups in total. The third-order valence-electron chi connectivity index (χ3n) is 2.86. The standard InChI is InChI=1S/C15H10Cl2FN3O2/c16-10-3-8(7-19)4-11(6-10)23-15-12(17)2-1-9(14(15)18)5-13(22)21-20/h1-4,6H,5,20H2,(H,21,22). The number of nitrogens with one attached hydrogen (secondary N) is 1. The summed E-state index contributed by atoms with van der Waals surface area (Å²) in [7, 11) is 0. The number of ether oxygens (including phenoxy) is 1. The first-order valence-corrected chi connectivity index (χ1v) is 7.05. The van der Waals surface area contributed by atoms with Crippen molar-refractivity contribution in [2.45, 2.75) is 6.42 Å². The number of hydrazine groups is 1. The Morgan fingerprint density at radius 3 is 2.74 bits per heavy atom. The highest BCUT2D eigenvalue weighted by molar-refractivity contribution is 6.32. The number of hydrogen-bond donors (Lipinski definition) is 2. The fourth-order valence-electron chi connectivity index (χ4n) is 1.83. The molecule has 0 spiro atoms. The van der Waals surface area contributed by atoms with E-state index in [9.17, 15) is 9.18 Å². The highest BCUT2D eigenvalue weighted by Gasteiger charge is 2.17. The predicted molar refractivity (Wildman–Crippen MR) is 83.7 cm³/mol. The molecule has 0 heterocycles. The van der Waals surface area contributed by atoms with Gasteiger partial charge < -0.3 is 4.74 Å². The molecule has 0 atom stereocenters. The predicted octanol–water partition coefficient (Wildman–Crippen LogP) is 3.33. The number of benzene rings is 2. The minimum atomic E-state index is -0.792. The Kier molecular flexibility index (Phi) is 5.40. The molecule has 23 heavy (non-hydrogen) atoms. The van der Waals surface area contributed by atoms with Crippen LogP contribution in [0.2, 0.25) is 10.0 Å². The van der Waals surface area contributed by atoms with E-state index in [1.54, 1.807) is 0 Å². The van der Waals surface area contributed by atoms with Crippen LogP contribution in [0.5, 0.6) is 11.5 Å². The number of nitrogens with two attached hydrogens (primary N) is 1. The summed E-state index contributed by atoms with van der Waals surface area (Å²) in [5, 5.41) is 9.18. The molecule has 118 valence electrons. The van der Waals surface area contributed by atoms with Gasteiger partial charge in [0.05, 0.1) is 23.1 Å². The molecular formula is C15H10Cl2FN3O2. The Morgan fingerprint density at radius 1 is 1.35 bits per heavy atom. The monoisotopic (exact) mass is 353 g/mol. The lowest BCUT2D eigenvalue weighted by Gasteiger charge is -2.12. The van der Waals surface area contributed by atoms with Gasteiger partial charge in [0.25, 0.3) is 0 Å². The van der Waals surface area contributed by atoms with Crippen molar-refractivity contribution in [2.75, 3.05) is 0 Å². The average molecular weight is 354 g/mol. The molecule has 2 rings (SSSR count). The van der Waals surface area contributed by atoms with Crippen LogP contribution < -0.4 is 16.0 Å². The molecule has 2 aromatic carbocycles. The molecule has 0 aliphatic carbocycles. The van der Waals surface area contributed by atoms with E-state index >= 15 is 0 Å². The third-order valence-corrected chi connectivity index (χ3v) is 3.38. The summed E-state index contributed by atoms with van der Waals surface area (Å²) in [6.45, 7) is 0. The van der Waals surface area contributed by atoms with Crippen LogP contribution >= 0.6 is 23.2 Å².